The molecule has 5 rings (SSSR count). The number of benzene rings is 2. The standard InChI is InChI=1S/C24H21N3O2S2/c28-22(26-14-6-12-20(26)21-13-7-15-30-21)16-31-24-25-19-11-5-4-10-18(19)23(29)27(24)17-8-2-1-3-9-17/h1-5,7-11,13,15,20H,6,12,14,16H2. The summed E-state index contributed by atoms with van der Waals surface area (Å²) in [6.45, 7) is 0.776. The molecule has 1 aliphatic rings. The number of fused-ring (bicyclic) bond motifs is 1. The van der Waals surface area contributed by atoms with Crippen molar-refractivity contribution in [3.63, 3.8) is 0 Å². The zero-order chi connectivity index (χ0) is 21.2. The Morgan fingerprint density at radius 1 is 1.06 bits per heavy atom. The van der Waals surface area contributed by atoms with Gasteiger partial charge in [0.25, 0.3) is 5.56 Å². The fraction of sp³-hybridized carbons (Fsp3) is 0.208. The van der Waals surface area contributed by atoms with Crippen molar-refractivity contribution in [2.75, 3.05) is 12.3 Å². The van der Waals surface area contributed by atoms with E-state index in [4.69, 9.17) is 4.98 Å². The van der Waals surface area contributed by atoms with Gasteiger partial charge in [0.05, 0.1) is 28.4 Å². The highest BCUT2D eigenvalue weighted by molar-refractivity contribution is 7.99. The SMILES string of the molecule is O=C(CSc1nc2ccccc2c(=O)n1-c1ccccc1)N1CCCC1c1cccs1. The maximum absolute atomic E-state index is 13.3. The highest BCUT2D eigenvalue weighted by Gasteiger charge is 2.30. The third kappa shape index (κ3) is 3.91. The number of likely N-dealkylation sites (tertiary alicyclic amines) is 1. The second-order valence-corrected chi connectivity index (χ2v) is 9.36. The molecule has 4 aromatic rings. The first-order chi connectivity index (χ1) is 15.2. The van der Waals surface area contributed by atoms with Crippen molar-refractivity contribution in [1.29, 1.82) is 0 Å². The van der Waals surface area contributed by atoms with Crippen LogP contribution in [0.25, 0.3) is 16.6 Å². The minimum atomic E-state index is -0.121. The number of para-hydroxylation sites is 2. The number of aromatic nitrogens is 2. The Labute approximate surface area is 188 Å². The molecular weight excluding hydrogens is 426 g/mol. The minimum absolute atomic E-state index is 0.0860. The summed E-state index contributed by atoms with van der Waals surface area (Å²) in [5, 5.41) is 3.16. The second-order valence-electron chi connectivity index (χ2n) is 7.44. The summed E-state index contributed by atoms with van der Waals surface area (Å²) < 4.78 is 1.61. The maximum Gasteiger partial charge on any atom is 0.266 e. The number of amides is 1. The van der Waals surface area contributed by atoms with Crippen LogP contribution in [0, 0.1) is 0 Å². The van der Waals surface area contributed by atoms with E-state index < -0.39 is 0 Å². The van der Waals surface area contributed by atoms with Crippen LogP contribution in [0.1, 0.15) is 23.8 Å². The molecule has 1 aliphatic heterocycles. The van der Waals surface area contributed by atoms with Crippen molar-refractivity contribution >= 4 is 39.9 Å². The van der Waals surface area contributed by atoms with Crippen LogP contribution >= 0.6 is 23.1 Å². The van der Waals surface area contributed by atoms with Crippen molar-refractivity contribution in [2.24, 2.45) is 0 Å². The van der Waals surface area contributed by atoms with Crippen LogP contribution in [0.15, 0.2) is 82.1 Å². The van der Waals surface area contributed by atoms with E-state index in [2.05, 4.69) is 11.4 Å². The largest absolute Gasteiger partial charge is 0.334 e. The summed E-state index contributed by atoms with van der Waals surface area (Å²) in [6.07, 6.45) is 2.02. The number of hydrogen-bond acceptors (Lipinski definition) is 5. The van der Waals surface area contributed by atoms with Crippen molar-refractivity contribution < 1.29 is 4.79 Å². The first kappa shape index (κ1) is 20.0. The molecule has 1 amide bonds. The highest BCUT2D eigenvalue weighted by Crippen LogP contribution is 2.35. The van der Waals surface area contributed by atoms with Crippen molar-refractivity contribution in [1.82, 2.24) is 14.5 Å². The van der Waals surface area contributed by atoms with Gasteiger partial charge in [0.2, 0.25) is 5.91 Å². The van der Waals surface area contributed by atoms with E-state index in [1.54, 1.807) is 22.0 Å². The number of thioether (sulfide) groups is 1. The molecule has 5 nitrogen and oxygen atoms in total. The third-order valence-corrected chi connectivity index (χ3v) is 7.43. The molecule has 3 heterocycles. The molecule has 1 atom stereocenters. The normalized spacial score (nSPS) is 16.1. The van der Waals surface area contributed by atoms with Gasteiger partial charge in [-0.15, -0.1) is 11.3 Å². The molecule has 0 aliphatic carbocycles. The van der Waals surface area contributed by atoms with Gasteiger partial charge < -0.3 is 4.90 Å². The van der Waals surface area contributed by atoms with Gasteiger partial charge in [-0.2, -0.15) is 0 Å². The Kier molecular flexibility index (Phi) is 5.61. The van der Waals surface area contributed by atoms with Crippen LogP contribution in [0.3, 0.4) is 0 Å². The van der Waals surface area contributed by atoms with Crippen LogP contribution in [-0.4, -0.2) is 32.7 Å². The van der Waals surface area contributed by atoms with E-state index in [0.29, 0.717) is 16.1 Å². The molecule has 1 saturated heterocycles. The number of carbonyl (C=O) groups excluding carboxylic acids is 1. The number of thiophene rings is 1. The lowest BCUT2D eigenvalue weighted by Gasteiger charge is -2.24. The van der Waals surface area contributed by atoms with Gasteiger partial charge in [-0.25, -0.2) is 4.98 Å². The Morgan fingerprint density at radius 3 is 2.68 bits per heavy atom. The van der Waals surface area contributed by atoms with Crippen LogP contribution in [0.2, 0.25) is 0 Å². The van der Waals surface area contributed by atoms with Gasteiger partial charge >= 0.3 is 0 Å². The predicted molar refractivity (Wildman–Crippen MR) is 126 cm³/mol. The molecule has 1 fully saturated rings. The summed E-state index contributed by atoms with van der Waals surface area (Å²) in [7, 11) is 0. The summed E-state index contributed by atoms with van der Waals surface area (Å²) in [4.78, 5) is 34.3. The predicted octanol–water partition coefficient (Wildman–Crippen LogP) is 4.90. The number of nitrogens with zero attached hydrogens (tertiary/aromatic N) is 3. The summed E-state index contributed by atoms with van der Waals surface area (Å²) in [5.41, 5.74) is 1.27. The van der Waals surface area contributed by atoms with Gasteiger partial charge in [0.1, 0.15) is 0 Å². The quantitative estimate of drug-likeness (QED) is 0.322. The first-order valence-corrected chi connectivity index (χ1v) is 12.1. The molecule has 0 N–H and O–H groups in total. The van der Waals surface area contributed by atoms with E-state index in [0.717, 1.165) is 25.1 Å². The summed E-state index contributed by atoms with van der Waals surface area (Å²) in [5.74, 6) is 0.336. The molecule has 2 aromatic carbocycles. The van der Waals surface area contributed by atoms with Gasteiger partial charge in [0.15, 0.2) is 5.16 Å². The van der Waals surface area contributed by atoms with E-state index in [-0.39, 0.29) is 23.3 Å². The van der Waals surface area contributed by atoms with Gasteiger partial charge in [-0.05, 0) is 48.6 Å². The van der Waals surface area contributed by atoms with Crippen LogP contribution < -0.4 is 5.56 Å². The van der Waals surface area contributed by atoms with Crippen molar-refractivity contribution in [3.05, 3.63) is 87.3 Å². The fourth-order valence-corrected chi connectivity index (χ4v) is 5.84. The molecule has 0 radical (unpaired) electrons. The Bertz CT molecular complexity index is 1270. The number of hydrogen-bond donors (Lipinski definition) is 0. The van der Waals surface area contributed by atoms with Gasteiger partial charge in [-0.1, -0.05) is 48.2 Å². The zero-order valence-electron chi connectivity index (χ0n) is 16.8. The number of rotatable bonds is 5. The molecule has 1 unspecified atom stereocenters. The first-order valence-electron chi connectivity index (χ1n) is 10.3. The topological polar surface area (TPSA) is 55.2 Å². The lowest BCUT2D eigenvalue weighted by molar-refractivity contribution is -0.129. The van der Waals surface area contributed by atoms with Crippen LogP contribution in [0.5, 0.6) is 0 Å². The Morgan fingerprint density at radius 2 is 1.87 bits per heavy atom. The zero-order valence-corrected chi connectivity index (χ0v) is 18.4. The van der Waals surface area contributed by atoms with E-state index >= 15 is 0 Å². The lowest BCUT2D eigenvalue weighted by atomic mass is 10.2. The molecular formula is C24H21N3O2S2. The smallest absolute Gasteiger partial charge is 0.266 e. The Balaban J connectivity index is 1.46. The highest BCUT2D eigenvalue weighted by atomic mass is 32.2. The fourth-order valence-electron chi connectivity index (χ4n) is 4.07. The van der Waals surface area contributed by atoms with E-state index in [9.17, 15) is 9.59 Å². The average Bonchev–Trinajstić information content (AvgIpc) is 3.50. The van der Waals surface area contributed by atoms with Crippen molar-refractivity contribution in [2.45, 2.75) is 24.0 Å². The van der Waals surface area contributed by atoms with Gasteiger partial charge in [-0.3, -0.25) is 14.2 Å². The van der Waals surface area contributed by atoms with Crippen molar-refractivity contribution in [3.8, 4) is 5.69 Å². The van der Waals surface area contributed by atoms with E-state index in [1.807, 2.05) is 59.5 Å². The number of carbonyl (C=O) groups is 1. The maximum atomic E-state index is 13.3. The van der Waals surface area contributed by atoms with Crippen LogP contribution in [-0.2, 0) is 4.79 Å². The molecule has 0 saturated carbocycles. The van der Waals surface area contributed by atoms with E-state index in [1.165, 1.54) is 16.6 Å². The summed E-state index contributed by atoms with van der Waals surface area (Å²) >= 11 is 3.03. The molecule has 2 aromatic heterocycles. The molecule has 0 spiro atoms. The minimum Gasteiger partial charge on any atom is -0.334 e. The average molecular weight is 448 g/mol. The lowest BCUT2D eigenvalue weighted by Crippen LogP contribution is -2.32. The molecule has 7 heteroatoms. The molecule has 156 valence electrons. The Hall–Kier alpha value is -2.90. The molecule has 0 bridgehead atoms. The monoisotopic (exact) mass is 447 g/mol. The van der Waals surface area contributed by atoms with Crippen LogP contribution in [0.4, 0.5) is 0 Å². The van der Waals surface area contributed by atoms with Gasteiger partial charge in [0, 0.05) is 11.4 Å². The second kappa shape index (κ2) is 8.69. The molecule has 31 heavy (non-hydrogen) atoms. The third-order valence-electron chi connectivity index (χ3n) is 5.53. The summed E-state index contributed by atoms with van der Waals surface area (Å²) in [6, 6.07) is 21.1.